The summed E-state index contributed by atoms with van der Waals surface area (Å²) in [5, 5.41) is 1.66. The molecule has 0 radical (unpaired) electrons. The molecular weight excluding hydrogens is 280 g/mol. The van der Waals surface area contributed by atoms with E-state index < -0.39 is 5.97 Å². The van der Waals surface area contributed by atoms with Crippen LogP contribution in [-0.2, 0) is 11.3 Å². The van der Waals surface area contributed by atoms with E-state index in [1.54, 1.807) is 24.4 Å². The van der Waals surface area contributed by atoms with E-state index in [1.165, 1.54) is 24.0 Å². The summed E-state index contributed by atoms with van der Waals surface area (Å²) in [5.41, 5.74) is 1.13. The van der Waals surface area contributed by atoms with Crippen molar-refractivity contribution in [3.63, 3.8) is 0 Å². The van der Waals surface area contributed by atoms with Crippen LogP contribution in [0, 0.1) is 6.92 Å². The molecule has 0 bridgehead atoms. The Hall–Kier alpha value is -2.41. The van der Waals surface area contributed by atoms with E-state index in [0.29, 0.717) is 28.7 Å². The molecule has 0 saturated carbocycles. The quantitative estimate of drug-likeness (QED) is 0.687. The predicted molar refractivity (Wildman–Crippen MR) is 70.2 cm³/mol. The fourth-order valence-corrected chi connectivity index (χ4v) is 2.27. The van der Waals surface area contributed by atoms with Crippen molar-refractivity contribution in [2.75, 3.05) is 0 Å². The molecule has 0 aromatic carbocycles. The third kappa shape index (κ3) is 2.48. The normalized spacial score (nSPS) is 10.7. The summed E-state index contributed by atoms with van der Waals surface area (Å²) < 4.78 is 19.8. The highest BCUT2D eigenvalue weighted by molar-refractivity contribution is 7.03. The molecule has 0 unspecified atom stereocenters. The van der Waals surface area contributed by atoms with Crippen LogP contribution >= 0.6 is 11.5 Å². The molecule has 3 rings (SSSR count). The Labute approximate surface area is 118 Å². The van der Waals surface area contributed by atoms with Crippen molar-refractivity contribution in [2.24, 2.45) is 0 Å². The van der Waals surface area contributed by atoms with Gasteiger partial charge in [0, 0.05) is 5.38 Å². The molecule has 0 aliphatic rings. The number of furan rings is 1. The topological polar surface area (TPSA) is 78.4 Å². The van der Waals surface area contributed by atoms with Gasteiger partial charge < -0.3 is 13.6 Å². The monoisotopic (exact) mass is 290 g/mol. The third-order valence-electron chi connectivity index (χ3n) is 2.60. The molecule has 3 aromatic heterocycles. The number of aromatic nitrogens is 2. The van der Waals surface area contributed by atoms with Crippen molar-refractivity contribution in [2.45, 2.75) is 13.5 Å². The first-order chi connectivity index (χ1) is 9.74. The Morgan fingerprint density at radius 2 is 2.40 bits per heavy atom. The van der Waals surface area contributed by atoms with Gasteiger partial charge in [-0.25, -0.2) is 9.78 Å². The summed E-state index contributed by atoms with van der Waals surface area (Å²) in [6.07, 6.45) is 3.04. The van der Waals surface area contributed by atoms with Gasteiger partial charge in [0.05, 0.1) is 23.7 Å². The Bertz CT molecular complexity index is 714. The second-order valence-corrected chi connectivity index (χ2v) is 4.63. The van der Waals surface area contributed by atoms with Gasteiger partial charge in [-0.15, -0.1) is 0 Å². The molecule has 20 heavy (non-hydrogen) atoms. The zero-order valence-electron chi connectivity index (χ0n) is 10.5. The van der Waals surface area contributed by atoms with E-state index in [0.717, 1.165) is 0 Å². The summed E-state index contributed by atoms with van der Waals surface area (Å²) in [5.74, 6) is 0.910. The lowest BCUT2D eigenvalue weighted by Gasteiger charge is -2.00. The molecule has 0 amide bonds. The van der Waals surface area contributed by atoms with Crippen LogP contribution in [-0.4, -0.2) is 15.3 Å². The molecule has 6 nitrogen and oxygen atoms in total. The van der Waals surface area contributed by atoms with Gasteiger partial charge in [0.15, 0.2) is 18.1 Å². The molecule has 0 N–H and O–H groups in total. The second-order valence-electron chi connectivity index (χ2n) is 4.00. The van der Waals surface area contributed by atoms with Crippen molar-refractivity contribution in [1.82, 2.24) is 9.36 Å². The zero-order chi connectivity index (χ0) is 13.9. The molecular formula is C13H10N2O4S. The molecule has 0 spiro atoms. The van der Waals surface area contributed by atoms with Crippen LogP contribution in [0.3, 0.4) is 0 Å². The standard InChI is InChI=1S/C13H10N2O4S/c1-8-10(7-20-15-8)13(16)18-6-9-5-14-12(19-9)11-3-2-4-17-11/h2-5,7H,6H2,1H3. The minimum absolute atomic E-state index is 0.0157. The van der Waals surface area contributed by atoms with E-state index in [9.17, 15) is 4.79 Å². The van der Waals surface area contributed by atoms with Gasteiger partial charge in [-0.1, -0.05) is 0 Å². The molecule has 3 heterocycles. The molecule has 7 heteroatoms. The van der Waals surface area contributed by atoms with Crippen LogP contribution in [0.4, 0.5) is 0 Å². The number of carbonyl (C=O) groups is 1. The van der Waals surface area contributed by atoms with Crippen molar-refractivity contribution in [3.8, 4) is 11.7 Å². The number of aryl methyl sites for hydroxylation is 1. The predicted octanol–water partition coefficient (Wildman–Crippen LogP) is 3.06. The number of oxazole rings is 1. The van der Waals surface area contributed by atoms with Crippen LogP contribution in [0.5, 0.6) is 0 Å². The van der Waals surface area contributed by atoms with E-state index in [2.05, 4.69) is 9.36 Å². The first kappa shape index (κ1) is 12.6. The maximum Gasteiger partial charge on any atom is 0.341 e. The van der Waals surface area contributed by atoms with E-state index in [4.69, 9.17) is 13.6 Å². The summed E-state index contributed by atoms with van der Waals surface area (Å²) in [6, 6.07) is 3.48. The van der Waals surface area contributed by atoms with Crippen LogP contribution in [0.1, 0.15) is 21.8 Å². The molecule has 0 aliphatic carbocycles. The largest absolute Gasteiger partial charge is 0.459 e. The van der Waals surface area contributed by atoms with Gasteiger partial charge in [-0.2, -0.15) is 4.37 Å². The smallest absolute Gasteiger partial charge is 0.341 e. The number of ether oxygens (including phenoxy) is 1. The lowest BCUT2D eigenvalue weighted by molar-refractivity contribution is 0.0445. The van der Waals surface area contributed by atoms with E-state index >= 15 is 0 Å². The highest BCUT2D eigenvalue weighted by atomic mass is 32.1. The molecule has 0 aliphatic heterocycles. The zero-order valence-corrected chi connectivity index (χ0v) is 11.3. The Morgan fingerprint density at radius 1 is 1.50 bits per heavy atom. The van der Waals surface area contributed by atoms with Crippen LogP contribution in [0.25, 0.3) is 11.7 Å². The summed E-state index contributed by atoms with van der Waals surface area (Å²) in [6.45, 7) is 1.78. The van der Waals surface area contributed by atoms with E-state index in [1.807, 2.05) is 0 Å². The highest BCUT2D eigenvalue weighted by Gasteiger charge is 2.15. The van der Waals surface area contributed by atoms with Crippen LogP contribution < -0.4 is 0 Å². The number of rotatable bonds is 4. The van der Waals surface area contributed by atoms with Gasteiger partial charge in [-0.3, -0.25) is 0 Å². The molecule has 0 atom stereocenters. The third-order valence-corrected chi connectivity index (χ3v) is 3.32. The molecule has 3 aromatic rings. The maximum absolute atomic E-state index is 11.8. The second kappa shape index (κ2) is 5.30. The number of esters is 1. The van der Waals surface area contributed by atoms with Crippen molar-refractivity contribution in [3.05, 3.63) is 47.0 Å². The van der Waals surface area contributed by atoms with E-state index in [-0.39, 0.29) is 6.61 Å². The van der Waals surface area contributed by atoms with Crippen molar-refractivity contribution >= 4 is 17.5 Å². The maximum atomic E-state index is 11.8. The highest BCUT2D eigenvalue weighted by Crippen LogP contribution is 2.20. The number of hydrogen-bond donors (Lipinski definition) is 0. The van der Waals surface area contributed by atoms with Gasteiger partial charge in [0.1, 0.15) is 0 Å². The molecule has 102 valence electrons. The fraction of sp³-hybridized carbons (Fsp3) is 0.154. The average molecular weight is 290 g/mol. The molecule has 0 fully saturated rings. The van der Waals surface area contributed by atoms with Gasteiger partial charge >= 0.3 is 5.97 Å². The van der Waals surface area contributed by atoms with Crippen molar-refractivity contribution < 1.29 is 18.4 Å². The van der Waals surface area contributed by atoms with Gasteiger partial charge in [0.2, 0.25) is 0 Å². The summed E-state index contributed by atoms with van der Waals surface area (Å²) >= 11 is 1.22. The Kier molecular flexibility index (Phi) is 3.34. The molecule has 0 saturated heterocycles. The summed E-state index contributed by atoms with van der Waals surface area (Å²) in [4.78, 5) is 15.9. The first-order valence-corrected chi connectivity index (χ1v) is 6.64. The number of hydrogen-bond acceptors (Lipinski definition) is 7. The Morgan fingerprint density at radius 3 is 3.10 bits per heavy atom. The Balaban J connectivity index is 1.65. The van der Waals surface area contributed by atoms with Gasteiger partial charge in [0.25, 0.3) is 5.89 Å². The lowest BCUT2D eigenvalue weighted by atomic mass is 10.3. The van der Waals surface area contributed by atoms with Crippen LogP contribution in [0.15, 0.2) is 38.8 Å². The van der Waals surface area contributed by atoms with Crippen molar-refractivity contribution in [1.29, 1.82) is 0 Å². The number of carbonyl (C=O) groups excluding carboxylic acids is 1. The lowest BCUT2D eigenvalue weighted by Crippen LogP contribution is -2.05. The van der Waals surface area contributed by atoms with Gasteiger partial charge in [-0.05, 0) is 30.6 Å². The summed E-state index contributed by atoms with van der Waals surface area (Å²) in [7, 11) is 0. The first-order valence-electron chi connectivity index (χ1n) is 5.80. The fourth-order valence-electron chi connectivity index (χ4n) is 1.59. The van der Waals surface area contributed by atoms with Crippen LogP contribution in [0.2, 0.25) is 0 Å². The minimum atomic E-state index is -0.424. The SMILES string of the molecule is Cc1nscc1C(=O)OCc1cnc(-c2ccco2)o1. The number of nitrogens with zero attached hydrogens (tertiary/aromatic N) is 2. The minimum Gasteiger partial charge on any atom is -0.459 e. The average Bonchev–Trinajstić information content (AvgIpc) is 3.16.